The van der Waals surface area contributed by atoms with E-state index in [-0.39, 0.29) is 23.7 Å². The van der Waals surface area contributed by atoms with E-state index >= 15 is 0 Å². The van der Waals surface area contributed by atoms with Gasteiger partial charge in [0.1, 0.15) is 5.82 Å². The Labute approximate surface area is 171 Å². The van der Waals surface area contributed by atoms with Crippen LogP contribution in [0.2, 0.25) is 5.02 Å². The lowest BCUT2D eigenvalue weighted by molar-refractivity contribution is -0.123. The number of aromatic amines is 1. The molecule has 1 aromatic heterocycles. The molecule has 2 aliphatic heterocycles. The summed E-state index contributed by atoms with van der Waals surface area (Å²) in [5.74, 6) is -1.37. The number of hydrogen-bond donors (Lipinski definition) is 3. The molecule has 0 spiro atoms. The number of H-pyrrole nitrogens is 1. The highest BCUT2D eigenvalue weighted by Crippen LogP contribution is 2.31. The number of nitrogens with one attached hydrogen (secondary N) is 3. The lowest BCUT2D eigenvalue weighted by Gasteiger charge is -2.29. The van der Waals surface area contributed by atoms with Crippen molar-refractivity contribution in [2.24, 2.45) is 0 Å². The first-order valence-electron chi connectivity index (χ1n) is 9.26. The fraction of sp³-hybridized carbons (Fsp3) is 0.368. The molecule has 152 valence electrons. The fourth-order valence-electron chi connectivity index (χ4n) is 3.45. The van der Waals surface area contributed by atoms with Gasteiger partial charge in [0.05, 0.1) is 35.4 Å². The third kappa shape index (κ3) is 3.96. The predicted molar refractivity (Wildman–Crippen MR) is 109 cm³/mol. The van der Waals surface area contributed by atoms with Crippen LogP contribution in [0.5, 0.6) is 0 Å². The Morgan fingerprint density at radius 3 is 2.79 bits per heavy atom. The minimum Gasteiger partial charge on any atom is -0.378 e. The van der Waals surface area contributed by atoms with E-state index in [1.54, 1.807) is 12.1 Å². The second-order valence-corrected chi connectivity index (χ2v) is 7.44. The maximum absolute atomic E-state index is 12.9. The Bertz CT molecular complexity index is 1030. The van der Waals surface area contributed by atoms with Crippen LogP contribution in [0.15, 0.2) is 23.0 Å². The van der Waals surface area contributed by atoms with Crippen LogP contribution in [0.1, 0.15) is 23.5 Å². The van der Waals surface area contributed by atoms with Crippen molar-refractivity contribution >= 4 is 40.9 Å². The van der Waals surface area contributed by atoms with Crippen molar-refractivity contribution in [3.63, 3.8) is 0 Å². The minimum atomic E-state index is -0.967. The Hall–Kier alpha value is -2.91. The van der Waals surface area contributed by atoms with Crippen LogP contribution in [-0.2, 0) is 14.3 Å². The number of carbonyl (C=O) groups excluding carboxylic acids is 2. The van der Waals surface area contributed by atoms with Crippen LogP contribution in [0, 0.1) is 6.92 Å². The van der Waals surface area contributed by atoms with Gasteiger partial charge in [-0.05, 0) is 24.6 Å². The quantitative estimate of drug-likeness (QED) is 0.699. The molecule has 0 radical (unpaired) electrons. The number of carbonyl (C=O) groups is 2. The van der Waals surface area contributed by atoms with Gasteiger partial charge in [0, 0.05) is 19.5 Å². The Morgan fingerprint density at radius 1 is 1.31 bits per heavy atom. The number of halogens is 1. The highest BCUT2D eigenvalue weighted by Gasteiger charge is 2.35. The minimum absolute atomic E-state index is 0.113. The van der Waals surface area contributed by atoms with Crippen molar-refractivity contribution in [1.29, 1.82) is 0 Å². The zero-order valence-corrected chi connectivity index (χ0v) is 16.5. The molecule has 1 fully saturated rings. The van der Waals surface area contributed by atoms with Crippen LogP contribution in [0.3, 0.4) is 0 Å². The van der Waals surface area contributed by atoms with Gasteiger partial charge in [0.2, 0.25) is 17.8 Å². The summed E-state index contributed by atoms with van der Waals surface area (Å²) in [6.07, 6.45) is -0.149. The molecular weight excluding hydrogens is 398 g/mol. The van der Waals surface area contributed by atoms with Crippen molar-refractivity contribution in [1.82, 2.24) is 9.97 Å². The molecule has 2 aromatic rings. The summed E-state index contributed by atoms with van der Waals surface area (Å²) in [6, 6.07) is 5.22. The van der Waals surface area contributed by atoms with Gasteiger partial charge in [-0.2, -0.15) is 4.98 Å². The van der Waals surface area contributed by atoms with E-state index in [9.17, 15) is 14.4 Å². The van der Waals surface area contributed by atoms with Crippen LogP contribution >= 0.6 is 11.6 Å². The first-order valence-corrected chi connectivity index (χ1v) is 9.64. The number of hydrogen-bond acceptors (Lipinski definition) is 6. The summed E-state index contributed by atoms with van der Waals surface area (Å²) in [7, 11) is 0. The molecule has 4 rings (SSSR count). The smallest absolute Gasteiger partial charge is 0.258 e. The molecule has 3 heterocycles. The van der Waals surface area contributed by atoms with E-state index in [0.717, 1.165) is 5.56 Å². The largest absolute Gasteiger partial charge is 0.378 e. The van der Waals surface area contributed by atoms with Gasteiger partial charge in [-0.1, -0.05) is 17.7 Å². The number of fused-ring (bicyclic) bond motifs is 1. The molecule has 9 nitrogen and oxygen atoms in total. The van der Waals surface area contributed by atoms with Gasteiger partial charge in [-0.15, -0.1) is 0 Å². The van der Waals surface area contributed by atoms with Crippen LogP contribution < -0.4 is 21.1 Å². The zero-order chi connectivity index (χ0) is 20.5. The molecule has 29 heavy (non-hydrogen) atoms. The van der Waals surface area contributed by atoms with E-state index in [4.69, 9.17) is 16.3 Å². The maximum atomic E-state index is 12.9. The summed E-state index contributed by atoms with van der Waals surface area (Å²) in [4.78, 5) is 46.9. The molecule has 0 saturated carbocycles. The third-order valence-corrected chi connectivity index (χ3v) is 5.26. The molecule has 2 amide bonds. The molecular formula is C19H20ClN5O4. The molecule has 3 N–H and O–H groups in total. The summed E-state index contributed by atoms with van der Waals surface area (Å²) < 4.78 is 5.31. The number of amides is 2. The molecule has 1 saturated heterocycles. The van der Waals surface area contributed by atoms with Crippen LogP contribution in [0.4, 0.5) is 17.5 Å². The molecule has 1 unspecified atom stereocenters. The summed E-state index contributed by atoms with van der Waals surface area (Å²) in [5, 5.41) is 5.71. The zero-order valence-electron chi connectivity index (χ0n) is 15.8. The van der Waals surface area contributed by atoms with E-state index < -0.39 is 17.4 Å². The van der Waals surface area contributed by atoms with Crippen molar-refractivity contribution < 1.29 is 14.3 Å². The highest BCUT2D eigenvalue weighted by molar-refractivity contribution is 6.33. The number of aromatic nitrogens is 2. The summed E-state index contributed by atoms with van der Waals surface area (Å²) >= 11 is 6.19. The standard InChI is InChI=1S/C19H20ClN5O4/c1-10-2-3-13(12(20)8-10)21-17(27)11-9-14(26)22-16-15(11)18(28)24-19(23-16)25-4-6-29-7-5-25/h2-3,8,11H,4-7,9H2,1H3,(H,21,27)(H2,22,23,24,26,28). The SMILES string of the molecule is Cc1ccc(NC(=O)C2CC(=O)Nc3nc(N4CCOCC4)[nH]c(=O)c32)c(Cl)c1. The van der Waals surface area contributed by atoms with Gasteiger partial charge in [-0.3, -0.25) is 19.4 Å². The number of anilines is 3. The summed E-state index contributed by atoms with van der Waals surface area (Å²) in [6.45, 7) is 4.08. The van der Waals surface area contributed by atoms with Crippen molar-refractivity contribution in [3.05, 3.63) is 44.7 Å². The van der Waals surface area contributed by atoms with Crippen molar-refractivity contribution in [2.75, 3.05) is 41.8 Å². The maximum Gasteiger partial charge on any atom is 0.258 e. The number of nitrogens with zero attached hydrogens (tertiary/aromatic N) is 2. The lowest BCUT2D eigenvalue weighted by Crippen LogP contribution is -2.41. The molecule has 1 aromatic carbocycles. The number of aryl methyl sites for hydroxylation is 1. The normalized spacial score (nSPS) is 18.8. The highest BCUT2D eigenvalue weighted by atomic mass is 35.5. The van der Waals surface area contributed by atoms with Crippen LogP contribution in [-0.4, -0.2) is 48.1 Å². The average Bonchev–Trinajstić information content (AvgIpc) is 2.69. The predicted octanol–water partition coefficient (Wildman–Crippen LogP) is 1.63. The Kier molecular flexibility index (Phi) is 5.25. The van der Waals surface area contributed by atoms with Gasteiger partial charge in [-0.25, -0.2) is 0 Å². The van der Waals surface area contributed by atoms with E-state index in [1.165, 1.54) is 0 Å². The fourth-order valence-corrected chi connectivity index (χ4v) is 3.73. The molecule has 10 heteroatoms. The van der Waals surface area contributed by atoms with E-state index in [2.05, 4.69) is 20.6 Å². The first-order chi connectivity index (χ1) is 13.9. The Balaban J connectivity index is 1.65. The lowest BCUT2D eigenvalue weighted by atomic mass is 9.92. The number of rotatable bonds is 3. The second-order valence-electron chi connectivity index (χ2n) is 7.03. The molecule has 2 aliphatic rings. The van der Waals surface area contributed by atoms with Crippen LogP contribution in [0.25, 0.3) is 0 Å². The third-order valence-electron chi connectivity index (χ3n) is 4.95. The van der Waals surface area contributed by atoms with E-state index in [1.807, 2.05) is 17.9 Å². The number of ether oxygens (including phenoxy) is 1. The number of benzene rings is 1. The van der Waals surface area contributed by atoms with Gasteiger partial charge >= 0.3 is 0 Å². The van der Waals surface area contributed by atoms with Gasteiger partial charge in [0.25, 0.3) is 5.56 Å². The monoisotopic (exact) mass is 417 g/mol. The molecule has 1 atom stereocenters. The van der Waals surface area contributed by atoms with Gasteiger partial charge in [0.15, 0.2) is 0 Å². The topological polar surface area (TPSA) is 116 Å². The van der Waals surface area contributed by atoms with Gasteiger partial charge < -0.3 is 20.3 Å². The molecule has 0 aliphatic carbocycles. The first kappa shape index (κ1) is 19.4. The van der Waals surface area contributed by atoms with E-state index in [0.29, 0.717) is 43.0 Å². The second kappa shape index (κ2) is 7.84. The molecule has 0 bridgehead atoms. The van der Waals surface area contributed by atoms with Crippen molar-refractivity contribution in [3.8, 4) is 0 Å². The number of morpholine rings is 1. The average molecular weight is 418 g/mol. The summed E-state index contributed by atoms with van der Waals surface area (Å²) in [5.41, 5.74) is 1.06. The van der Waals surface area contributed by atoms with Crippen molar-refractivity contribution in [2.45, 2.75) is 19.3 Å². The Morgan fingerprint density at radius 2 is 2.07 bits per heavy atom.